The minimum Gasteiger partial charge on any atom is -0.609 e. The van der Waals surface area contributed by atoms with Crippen LogP contribution in [0.2, 0.25) is 0 Å². The highest BCUT2D eigenvalue weighted by atomic mass is 32.2. The Balaban J connectivity index is 1.77. The number of hydrogen-bond donors (Lipinski definition) is 1. The summed E-state index contributed by atoms with van der Waals surface area (Å²) in [7, 11) is 0. The number of halogens is 2. The van der Waals surface area contributed by atoms with E-state index in [1.54, 1.807) is 6.92 Å². The maximum atomic E-state index is 13.0. The van der Waals surface area contributed by atoms with Gasteiger partial charge in [-0.3, -0.25) is 9.97 Å². The van der Waals surface area contributed by atoms with Gasteiger partial charge in [-0.05, 0) is 25.1 Å². The van der Waals surface area contributed by atoms with Gasteiger partial charge >= 0.3 is 5.16 Å². The Morgan fingerprint density at radius 2 is 2.04 bits per heavy atom. The molecule has 0 saturated heterocycles. The quantitative estimate of drug-likeness (QED) is 0.677. The number of H-pyrrole nitrogens is 1. The second-order valence-corrected chi connectivity index (χ2v) is 7.16. The monoisotopic (exact) mass is 365 g/mol. The predicted octanol–water partition coefficient (Wildman–Crippen LogP) is 3.61. The predicted molar refractivity (Wildman–Crippen MR) is 91.3 cm³/mol. The summed E-state index contributed by atoms with van der Waals surface area (Å²) in [6.07, 6.45) is 1.46. The maximum absolute atomic E-state index is 13.0. The third-order valence-corrected chi connectivity index (χ3v) is 4.75. The zero-order chi connectivity index (χ0) is 18.0. The standard InChI is InChI=1S/C17H17F2N3O2S/c1-11-14(20-8-7-15(11)24-10-17(2,18)19)9-25(23)16-21-12-5-3-4-6-13(12)22-16/h3-8H,9-10H2,1-2H3,(H,21,22). The molecule has 5 nitrogen and oxygen atoms in total. The molecule has 0 fully saturated rings. The summed E-state index contributed by atoms with van der Waals surface area (Å²) >= 11 is -1.44. The van der Waals surface area contributed by atoms with Crippen molar-refractivity contribution in [2.24, 2.45) is 0 Å². The van der Waals surface area contributed by atoms with Crippen molar-refractivity contribution in [3.63, 3.8) is 0 Å². The average Bonchev–Trinajstić information content (AvgIpc) is 2.99. The molecule has 0 amide bonds. The molecule has 0 spiro atoms. The van der Waals surface area contributed by atoms with Gasteiger partial charge in [-0.15, -0.1) is 0 Å². The Bertz CT molecular complexity index is 847. The summed E-state index contributed by atoms with van der Waals surface area (Å²) in [5.74, 6) is -2.49. The molecule has 1 atom stereocenters. The number of aromatic amines is 1. The van der Waals surface area contributed by atoms with Crippen LogP contribution < -0.4 is 4.74 Å². The van der Waals surface area contributed by atoms with E-state index < -0.39 is 23.7 Å². The number of rotatable bonds is 6. The second kappa shape index (κ2) is 6.97. The molecular formula is C17H17F2N3O2S. The topological polar surface area (TPSA) is 73.9 Å². The summed E-state index contributed by atoms with van der Waals surface area (Å²) in [5.41, 5.74) is 2.66. The van der Waals surface area contributed by atoms with Crippen LogP contribution >= 0.6 is 0 Å². The number of benzene rings is 1. The summed E-state index contributed by atoms with van der Waals surface area (Å²) < 4.78 is 43.7. The molecule has 0 aliphatic heterocycles. The van der Waals surface area contributed by atoms with Crippen LogP contribution in [0, 0.1) is 6.92 Å². The van der Waals surface area contributed by atoms with Crippen LogP contribution in [0.1, 0.15) is 18.2 Å². The number of alkyl halides is 2. The smallest absolute Gasteiger partial charge is 0.322 e. The number of nitrogens with one attached hydrogen (secondary N) is 1. The van der Waals surface area contributed by atoms with Gasteiger partial charge < -0.3 is 9.29 Å². The van der Waals surface area contributed by atoms with Crippen LogP contribution in [-0.2, 0) is 16.9 Å². The van der Waals surface area contributed by atoms with Crippen molar-refractivity contribution in [1.29, 1.82) is 0 Å². The first-order valence-electron chi connectivity index (χ1n) is 7.62. The highest BCUT2D eigenvalue weighted by Crippen LogP contribution is 2.25. The molecule has 0 saturated carbocycles. The largest absolute Gasteiger partial charge is 0.609 e. The number of aromatic nitrogens is 3. The van der Waals surface area contributed by atoms with Crippen LogP contribution in [0.15, 0.2) is 41.7 Å². The van der Waals surface area contributed by atoms with Gasteiger partial charge in [0, 0.05) is 29.9 Å². The first-order chi connectivity index (χ1) is 11.8. The molecular weight excluding hydrogens is 348 g/mol. The minimum atomic E-state index is -2.92. The third kappa shape index (κ3) is 4.26. The molecule has 0 bridgehead atoms. The zero-order valence-corrected chi connectivity index (χ0v) is 14.6. The Hall–Kier alpha value is -2.19. The van der Waals surface area contributed by atoms with Gasteiger partial charge in [-0.2, -0.15) is 4.98 Å². The number of pyridine rings is 1. The summed E-state index contributed by atoms with van der Waals surface area (Å²) in [4.78, 5) is 11.5. The minimum absolute atomic E-state index is 0.116. The number of ether oxygens (including phenoxy) is 1. The van der Waals surface area contributed by atoms with Crippen molar-refractivity contribution in [3.05, 3.63) is 47.8 Å². The van der Waals surface area contributed by atoms with E-state index in [9.17, 15) is 13.3 Å². The Kier molecular flexibility index (Phi) is 4.91. The number of para-hydroxylation sites is 2. The molecule has 2 aromatic heterocycles. The lowest BCUT2D eigenvalue weighted by molar-refractivity contribution is -0.0231. The van der Waals surface area contributed by atoms with Gasteiger partial charge in [0.1, 0.15) is 5.75 Å². The Morgan fingerprint density at radius 3 is 2.76 bits per heavy atom. The first kappa shape index (κ1) is 17.6. The molecule has 0 aliphatic carbocycles. The van der Waals surface area contributed by atoms with Crippen LogP contribution in [0.25, 0.3) is 11.0 Å². The second-order valence-electron chi connectivity index (χ2n) is 5.79. The lowest BCUT2D eigenvalue weighted by Crippen LogP contribution is -2.21. The molecule has 1 N–H and O–H groups in total. The van der Waals surface area contributed by atoms with Crippen LogP contribution in [0.3, 0.4) is 0 Å². The zero-order valence-electron chi connectivity index (χ0n) is 13.8. The van der Waals surface area contributed by atoms with E-state index in [-0.39, 0.29) is 5.75 Å². The highest BCUT2D eigenvalue weighted by Gasteiger charge is 2.24. The number of nitrogens with zero attached hydrogens (tertiary/aromatic N) is 2. The van der Waals surface area contributed by atoms with Crippen LogP contribution in [-0.4, -0.2) is 32.0 Å². The summed E-state index contributed by atoms with van der Waals surface area (Å²) in [6, 6.07) is 8.92. The fourth-order valence-corrected chi connectivity index (χ4v) is 3.40. The SMILES string of the molecule is Cc1c(OCC(C)(F)F)ccnc1C[S+]([O-])c1nc2ccccc2[nH]1. The number of hydrogen-bond acceptors (Lipinski definition) is 4. The Labute approximate surface area is 146 Å². The molecule has 132 valence electrons. The van der Waals surface area contributed by atoms with E-state index in [0.717, 1.165) is 18.0 Å². The van der Waals surface area contributed by atoms with E-state index >= 15 is 0 Å². The van der Waals surface area contributed by atoms with E-state index in [2.05, 4.69) is 15.0 Å². The van der Waals surface area contributed by atoms with Gasteiger partial charge in [0.05, 0.1) is 16.7 Å². The lowest BCUT2D eigenvalue weighted by Gasteiger charge is -2.15. The van der Waals surface area contributed by atoms with E-state index in [1.807, 2.05) is 24.3 Å². The molecule has 2 heterocycles. The maximum Gasteiger partial charge on any atom is 0.322 e. The molecule has 8 heteroatoms. The van der Waals surface area contributed by atoms with Gasteiger partial charge in [0.2, 0.25) is 0 Å². The fraction of sp³-hybridized carbons (Fsp3) is 0.294. The summed E-state index contributed by atoms with van der Waals surface area (Å²) in [6.45, 7) is 1.78. The first-order valence-corrected chi connectivity index (χ1v) is 8.93. The van der Waals surface area contributed by atoms with E-state index in [0.29, 0.717) is 22.2 Å². The molecule has 0 radical (unpaired) electrons. The van der Waals surface area contributed by atoms with Crippen molar-refractivity contribution in [2.45, 2.75) is 30.7 Å². The van der Waals surface area contributed by atoms with Gasteiger partial charge in [-0.1, -0.05) is 12.1 Å². The van der Waals surface area contributed by atoms with Crippen molar-refractivity contribution < 1.29 is 18.1 Å². The van der Waals surface area contributed by atoms with E-state index in [4.69, 9.17) is 4.74 Å². The van der Waals surface area contributed by atoms with Crippen LogP contribution in [0.5, 0.6) is 5.75 Å². The summed E-state index contributed by atoms with van der Waals surface area (Å²) in [5, 5.41) is 0.355. The third-order valence-electron chi connectivity index (χ3n) is 3.59. The van der Waals surface area contributed by atoms with Gasteiger partial charge in [0.15, 0.2) is 12.4 Å². The molecule has 25 heavy (non-hydrogen) atoms. The van der Waals surface area contributed by atoms with Gasteiger partial charge in [0.25, 0.3) is 5.92 Å². The Morgan fingerprint density at radius 1 is 1.28 bits per heavy atom. The van der Waals surface area contributed by atoms with Crippen molar-refractivity contribution >= 4 is 22.2 Å². The van der Waals surface area contributed by atoms with Gasteiger partial charge in [-0.25, -0.2) is 8.78 Å². The van der Waals surface area contributed by atoms with Crippen molar-refractivity contribution in [2.75, 3.05) is 6.61 Å². The molecule has 1 unspecified atom stereocenters. The normalized spacial score (nSPS) is 13.2. The van der Waals surface area contributed by atoms with Crippen molar-refractivity contribution in [3.8, 4) is 5.75 Å². The molecule has 3 rings (SSSR count). The lowest BCUT2D eigenvalue weighted by atomic mass is 10.2. The van der Waals surface area contributed by atoms with Crippen LogP contribution in [0.4, 0.5) is 8.78 Å². The highest BCUT2D eigenvalue weighted by molar-refractivity contribution is 7.90. The number of imidazole rings is 1. The van der Waals surface area contributed by atoms with E-state index in [1.165, 1.54) is 12.3 Å². The fourth-order valence-electron chi connectivity index (χ4n) is 2.30. The van der Waals surface area contributed by atoms with Crippen molar-refractivity contribution in [1.82, 2.24) is 15.0 Å². The molecule has 3 aromatic rings. The molecule has 0 aliphatic rings. The molecule has 1 aromatic carbocycles. The number of fused-ring (bicyclic) bond motifs is 1. The average molecular weight is 365 g/mol.